The Morgan fingerprint density at radius 3 is 2.26 bits per heavy atom. The molecule has 3 heteroatoms. The normalized spacial score (nSPS) is 13.5. The smallest absolute Gasteiger partial charge is 0.0271 e. The standard InChI is InChI=1S/C16H29N3/c1-13(2)10-18-11-16(14(3)4)19(5)12-15-6-8-17-9-7-15/h6-9,13-14,16,18H,10-12H2,1-5H3. The van der Waals surface area contributed by atoms with Crippen LogP contribution in [0.5, 0.6) is 0 Å². The van der Waals surface area contributed by atoms with E-state index in [1.807, 2.05) is 12.4 Å². The van der Waals surface area contributed by atoms with Gasteiger partial charge in [0.15, 0.2) is 0 Å². The first-order chi connectivity index (χ1) is 9.00. The number of nitrogens with one attached hydrogen (secondary N) is 1. The van der Waals surface area contributed by atoms with Gasteiger partial charge >= 0.3 is 0 Å². The van der Waals surface area contributed by atoms with Gasteiger partial charge in [0, 0.05) is 31.5 Å². The summed E-state index contributed by atoms with van der Waals surface area (Å²) < 4.78 is 0. The van der Waals surface area contributed by atoms with Crippen LogP contribution in [0.1, 0.15) is 33.3 Å². The minimum atomic E-state index is 0.562. The van der Waals surface area contributed by atoms with E-state index in [9.17, 15) is 0 Å². The quantitative estimate of drug-likeness (QED) is 0.781. The Labute approximate surface area is 118 Å². The third-order valence-electron chi connectivity index (χ3n) is 3.42. The van der Waals surface area contributed by atoms with Crippen molar-refractivity contribution in [2.24, 2.45) is 11.8 Å². The molecule has 1 heterocycles. The molecule has 0 radical (unpaired) electrons. The summed E-state index contributed by atoms with van der Waals surface area (Å²) in [5.74, 6) is 1.35. The molecule has 0 amide bonds. The molecular weight excluding hydrogens is 234 g/mol. The summed E-state index contributed by atoms with van der Waals surface area (Å²) >= 11 is 0. The number of pyridine rings is 1. The third kappa shape index (κ3) is 6.17. The van der Waals surface area contributed by atoms with Crippen molar-refractivity contribution in [3.05, 3.63) is 30.1 Å². The Morgan fingerprint density at radius 1 is 1.11 bits per heavy atom. The Kier molecular flexibility index (Phi) is 7.03. The van der Waals surface area contributed by atoms with E-state index in [0.29, 0.717) is 17.9 Å². The topological polar surface area (TPSA) is 28.2 Å². The van der Waals surface area contributed by atoms with Gasteiger partial charge in [0.1, 0.15) is 0 Å². The van der Waals surface area contributed by atoms with Crippen molar-refractivity contribution in [3.63, 3.8) is 0 Å². The molecule has 1 rings (SSSR count). The molecule has 19 heavy (non-hydrogen) atoms. The van der Waals surface area contributed by atoms with Crippen LogP contribution in [0.3, 0.4) is 0 Å². The second-order valence-electron chi connectivity index (χ2n) is 6.13. The highest BCUT2D eigenvalue weighted by Gasteiger charge is 2.18. The molecule has 0 aliphatic carbocycles. The molecule has 0 saturated heterocycles. The summed E-state index contributed by atoms with van der Waals surface area (Å²) in [5, 5.41) is 3.58. The van der Waals surface area contributed by atoms with Crippen LogP contribution in [-0.4, -0.2) is 36.1 Å². The van der Waals surface area contributed by atoms with Crippen molar-refractivity contribution < 1.29 is 0 Å². The lowest BCUT2D eigenvalue weighted by Gasteiger charge is -2.32. The maximum absolute atomic E-state index is 4.07. The molecule has 1 aromatic heterocycles. The van der Waals surface area contributed by atoms with Crippen LogP contribution in [0.2, 0.25) is 0 Å². The van der Waals surface area contributed by atoms with E-state index in [4.69, 9.17) is 0 Å². The zero-order chi connectivity index (χ0) is 14.3. The molecule has 0 fully saturated rings. The lowest BCUT2D eigenvalue weighted by Crippen LogP contribution is -2.43. The number of aromatic nitrogens is 1. The molecule has 3 nitrogen and oxygen atoms in total. The lowest BCUT2D eigenvalue weighted by molar-refractivity contribution is 0.178. The fourth-order valence-electron chi connectivity index (χ4n) is 2.31. The molecule has 108 valence electrons. The molecule has 1 aromatic rings. The highest BCUT2D eigenvalue weighted by Crippen LogP contribution is 2.12. The molecule has 1 atom stereocenters. The predicted molar refractivity (Wildman–Crippen MR) is 82.0 cm³/mol. The number of hydrogen-bond donors (Lipinski definition) is 1. The van der Waals surface area contributed by atoms with Crippen molar-refractivity contribution in [1.82, 2.24) is 15.2 Å². The Morgan fingerprint density at radius 2 is 1.74 bits per heavy atom. The highest BCUT2D eigenvalue weighted by molar-refractivity contribution is 5.09. The summed E-state index contributed by atoms with van der Waals surface area (Å²) in [5.41, 5.74) is 1.33. The molecule has 0 aliphatic rings. The molecule has 0 spiro atoms. The number of likely N-dealkylation sites (N-methyl/N-ethyl adjacent to an activating group) is 1. The average molecular weight is 263 g/mol. The van der Waals surface area contributed by atoms with Gasteiger partial charge in [-0.25, -0.2) is 0 Å². The largest absolute Gasteiger partial charge is 0.315 e. The van der Waals surface area contributed by atoms with E-state index >= 15 is 0 Å². The molecule has 1 N–H and O–H groups in total. The van der Waals surface area contributed by atoms with Crippen LogP contribution in [0.15, 0.2) is 24.5 Å². The van der Waals surface area contributed by atoms with Crippen LogP contribution in [0.4, 0.5) is 0 Å². The Balaban J connectivity index is 2.50. The maximum atomic E-state index is 4.07. The minimum absolute atomic E-state index is 0.562. The molecule has 0 aliphatic heterocycles. The maximum Gasteiger partial charge on any atom is 0.0271 e. The number of hydrogen-bond acceptors (Lipinski definition) is 3. The van der Waals surface area contributed by atoms with E-state index in [1.165, 1.54) is 5.56 Å². The monoisotopic (exact) mass is 263 g/mol. The second-order valence-corrected chi connectivity index (χ2v) is 6.13. The molecule has 0 aromatic carbocycles. The van der Waals surface area contributed by atoms with E-state index in [0.717, 1.165) is 19.6 Å². The van der Waals surface area contributed by atoms with E-state index in [2.05, 4.69) is 62.1 Å². The zero-order valence-corrected chi connectivity index (χ0v) is 13.1. The van der Waals surface area contributed by atoms with Gasteiger partial charge in [-0.3, -0.25) is 9.88 Å². The van der Waals surface area contributed by atoms with Crippen molar-refractivity contribution in [2.45, 2.75) is 40.3 Å². The van der Waals surface area contributed by atoms with Crippen molar-refractivity contribution in [1.29, 1.82) is 0 Å². The summed E-state index contributed by atoms with van der Waals surface area (Å²) in [4.78, 5) is 6.51. The van der Waals surface area contributed by atoms with Crippen molar-refractivity contribution in [3.8, 4) is 0 Å². The molecule has 0 bridgehead atoms. The molecular formula is C16H29N3. The Hall–Kier alpha value is -0.930. The van der Waals surface area contributed by atoms with Crippen LogP contribution in [0, 0.1) is 11.8 Å². The van der Waals surface area contributed by atoms with E-state index in [1.54, 1.807) is 0 Å². The van der Waals surface area contributed by atoms with E-state index in [-0.39, 0.29) is 0 Å². The van der Waals surface area contributed by atoms with Crippen LogP contribution in [0.25, 0.3) is 0 Å². The van der Waals surface area contributed by atoms with Gasteiger partial charge in [0.05, 0.1) is 0 Å². The highest BCUT2D eigenvalue weighted by atomic mass is 15.1. The zero-order valence-electron chi connectivity index (χ0n) is 13.1. The average Bonchev–Trinajstić information content (AvgIpc) is 2.35. The summed E-state index contributed by atoms with van der Waals surface area (Å²) in [6.07, 6.45) is 3.73. The minimum Gasteiger partial charge on any atom is -0.315 e. The molecule has 1 unspecified atom stereocenters. The van der Waals surface area contributed by atoms with Crippen LogP contribution in [-0.2, 0) is 6.54 Å². The summed E-state index contributed by atoms with van der Waals surface area (Å²) in [6, 6.07) is 4.75. The Bertz CT molecular complexity index is 335. The van der Waals surface area contributed by atoms with Gasteiger partial charge in [-0.1, -0.05) is 27.7 Å². The van der Waals surface area contributed by atoms with Gasteiger partial charge in [-0.2, -0.15) is 0 Å². The summed E-state index contributed by atoms with van der Waals surface area (Å²) in [7, 11) is 2.21. The fourth-order valence-corrected chi connectivity index (χ4v) is 2.31. The predicted octanol–water partition coefficient (Wildman–Crippen LogP) is 2.78. The fraction of sp³-hybridized carbons (Fsp3) is 0.688. The van der Waals surface area contributed by atoms with Gasteiger partial charge in [-0.15, -0.1) is 0 Å². The van der Waals surface area contributed by atoms with Gasteiger partial charge < -0.3 is 5.32 Å². The van der Waals surface area contributed by atoms with E-state index < -0.39 is 0 Å². The van der Waals surface area contributed by atoms with Crippen molar-refractivity contribution in [2.75, 3.05) is 20.1 Å². The van der Waals surface area contributed by atoms with Gasteiger partial charge in [0.2, 0.25) is 0 Å². The van der Waals surface area contributed by atoms with Gasteiger partial charge in [-0.05, 0) is 43.1 Å². The first-order valence-corrected chi connectivity index (χ1v) is 7.30. The van der Waals surface area contributed by atoms with Crippen LogP contribution >= 0.6 is 0 Å². The SMILES string of the molecule is CC(C)CNCC(C(C)C)N(C)Cc1ccncc1. The lowest BCUT2D eigenvalue weighted by atomic mass is 10.0. The van der Waals surface area contributed by atoms with Gasteiger partial charge in [0.25, 0.3) is 0 Å². The first kappa shape index (κ1) is 16.1. The number of nitrogens with zero attached hydrogens (tertiary/aromatic N) is 2. The van der Waals surface area contributed by atoms with Crippen LogP contribution < -0.4 is 5.32 Å². The second kappa shape index (κ2) is 8.28. The first-order valence-electron chi connectivity index (χ1n) is 7.30. The third-order valence-corrected chi connectivity index (χ3v) is 3.42. The summed E-state index contributed by atoms with van der Waals surface area (Å²) in [6.45, 7) is 12.2. The number of rotatable bonds is 8. The van der Waals surface area contributed by atoms with Crippen molar-refractivity contribution >= 4 is 0 Å². The molecule has 0 saturated carbocycles.